The summed E-state index contributed by atoms with van der Waals surface area (Å²) in [7, 11) is 0. The smallest absolute Gasteiger partial charge is 0.232 e. The molecule has 1 heterocycles. The fourth-order valence-electron chi connectivity index (χ4n) is 2.83. The van der Waals surface area contributed by atoms with Gasteiger partial charge in [0.2, 0.25) is 11.9 Å². The fraction of sp³-hybridized carbons (Fsp3) is 0.471. The van der Waals surface area contributed by atoms with E-state index in [1.54, 1.807) is 0 Å². The van der Waals surface area contributed by atoms with Gasteiger partial charge in [-0.2, -0.15) is 15.0 Å². The van der Waals surface area contributed by atoms with Crippen molar-refractivity contribution in [2.24, 2.45) is 0 Å². The molecule has 1 aliphatic carbocycles. The highest BCUT2D eigenvalue weighted by Crippen LogP contribution is 2.26. The van der Waals surface area contributed by atoms with Crippen molar-refractivity contribution in [3.63, 3.8) is 0 Å². The summed E-state index contributed by atoms with van der Waals surface area (Å²) in [5.74, 6) is 1.99. The highest BCUT2D eigenvalue weighted by molar-refractivity contribution is 5.64. The van der Waals surface area contributed by atoms with E-state index in [1.165, 1.54) is 36.0 Å². The van der Waals surface area contributed by atoms with Crippen LogP contribution in [0.4, 0.5) is 17.6 Å². The molecule has 1 fully saturated rings. The number of aromatic nitrogens is 3. The molecule has 0 bridgehead atoms. The summed E-state index contributed by atoms with van der Waals surface area (Å²) in [5, 5.41) is 6.74. The molecule has 1 saturated carbocycles. The number of anilines is 3. The maximum atomic E-state index is 4.51. The van der Waals surface area contributed by atoms with Crippen LogP contribution in [-0.2, 0) is 0 Å². The van der Waals surface area contributed by atoms with Gasteiger partial charge < -0.3 is 10.6 Å². The van der Waals surface area contributed by atoms with E-state index in [-0.39, 0.29) is 0 Å². The Balaban J connectivity index is 1.85. The lowest BCUT2D eigenvalue weighted by Gasteiger charge is -2.26. The molecule has 0 amide bonds. The van der Waals surface area contributed by atoms with Gasteiger partial charge in [-0.3, -0.25) is 0 Å². The predicted octanol–water partition coefficient (Wildman–Crippen LogP) is 3.81. The Morgan fingerprint density at radius 2 is 1.55 bits per heavy atom. The Labute approximate surface area is 131 Å². The molecular weight excluding hydrogens is 274 g/mol. The van der Waals surface area contributed by atoms with Crippen LogP contribution in [0.2, 0.25) is 0 Å². The summed E-state index contributed by atoms with van der Waals surface area (Å²) < 4.78 is 0. The van der Waals surface area contributed by atoms with Gasteiger partial charge in [-0.25, -0.2) is 0 Å². The molecular formula is C17H23N5. The number of hydrogen-bond acceptors (Lipinski definition) is 5. The molecule has 1 aromatic heterocycles. The minimum absolute atomic E-state index is 0.512. The monoisotopic (exact) mass is 297 g/mol. The van der Waals surface area contributed by atoms with E-state index in [1.807, 2.05) is 6.92 Å². The van der Waals surface area contributed by atoms with Gasteiger partial charge in [-0.05, 0) is 58.1 Å². The maximum absolute atomic E-state index is 4.51. The lowest BCUT2D eigenvalue weighted by Crippen LogP contribution is -2.28. The van der Waals surface area contributed by atoms with Gasteiger partial charge in [0, 0.05) is 11.7 Å². The molecule has 3 rings (SSSR count). The molecule has 2 aromatic rings. The van der Waals surface area contributed by atoms with E-state index < -0.39 is 0 Å². The van der Waals surface area contributed by atoms with Crippen molar-refractivity contribution < 1.29 is 0 Å². The van der Waals surface area contributed by atoms with Gasteiger partial charge in [0.1, 0.15) is 5.82 Å². The molecule has 0 radical (unpaired) electrons. The predicted molar refractivity (Wildman–Crippen MR) is 89.8 cm³/mol. The Hall–Kier alpha value is -2.17. The van der Waals surface area contributed by atoms with Crippen LogP contribution >= 0.6 is 0 Å². The molecule has 2 N–H and O–H groups in total. The third kappa shape index (κ3) is 3.18. The van der Waals surface area contributed by atoms with Crippen molar-refractivity contribution in [1.82, 2.24) is 15.0 Å². The van der Waals surface area contributed by atoms with Crippen LogP contribution in [-0.4, -0.2) is 21.0 Å². The van der Waals surface area contributed by atoms with Gasteiger partial charge in [-0.1, -0.05) is 17.7 Å². The topological polar surface area (TPSA) is 62.7 Å². The summed E-state index contributed by atoms with van der Waals surface area (Å²) in [5.41, 5.74) is 4.73. The minimum Gasteiger partial charge on any atom is -0.351 e. The average molecular weight is 297 g/mol. The van der Waals surface area contributed by atoms with Crippen LogP contribution in [0.1, 0.15) is 41.8 Å². The third-order valence-corrected chi connectivity index (χ3v) is 4.10. The molecule has 0 atom stereocenters. The number of aryl methyl sites for hydroxylation is 4. The van der Waals surface area contributed by atoms with E-state index >= 15 is 0 Å². The summed E-state index contributed by atoms with van der Waals surface area (Å²) in [6.45, 7) is 8.21. The fourth-order valence-corrected chi connectivity index (χ4v) is 2.83. The van der Waals surface area contributed by atoms with Crippen molar-refractivity contribution in [3.8, 4) is 0 Å². The Morgan fingerprint density at radius 3 is 2.14 bits per heavy atom. The van der Waals surface area contributed by atoms with Crippen LogP contribution in [0.25, 0.3) is 0 Å². The molecule has 1 aliphatic rings. The van der Waals surface area contributed by atoms with Crippen LogP contribution in [0.3, 0.4) is 0 Å². The average Bonchev–Trinajstić information content (AvgIpc) is 2.38. The summed E-state index contributed by atoms with van der Waals surface area (Å²) >= 11 is 0. The normalized spacial score (nSPS) is 14.5. The molecule has 5 heteroatoms. The first-order chi connectivity index (χ1) is 10.5. The Bertz CT molecular complexity index is 668. The van der Waals surface area contributed by atoms with E-state index in [0.29, 0.717) is 17.9 Å². The zero-order valence-electron chi connectivity index (χ0n) is 13.7. The highest BCUT2D eigenvalue weighted by atomic mass is 15.2. The summed E-state index contributed by atoms with van der Waals surface area (Å²) in [6.07, 6.45) is 3.68. The van der Waals surface area contributed by atoms with Crippen LogP contribution < -0.4 is 10.6 Å². The molecule has 0 unspecified atom stereocenters. The van der Waals surface area contributed by atoms with Crippen LogP contribution in [0, 0.1) is 27.7 Å². The van der Waals surface area contributed by atoms with E-state index in [2.05, 4.69) is 58.5 Å². The zero-order valence-corrected chi connectivity index (χ0v) is 13.7. The zero-order chi connectivity index (χ0) is 15.7. The lowest BCUT2D eigenvalue weighted by atomic mass is 9.93. The number of rotatable bonds is 4. The highest BCUT2D eigenvalue weighted by Gasteiger charge is 2.18. The number of hydrogen-bond donors (Lipinski definition) is 2. The Morgan fingerprint density at radius 1 is 0.909 bits per heavy atom. The Kier molecular flexibility index (Phi) is 3.96. The second kappa shape index (κ2) is 5.91. The number of nitrogens with zero attached hydrogens (tertiary/aromatic N) is 3. The first-order valence-electron chi connectivity index (χ1n) is 7.85. The van der Waals surface area contributed by atoms with E-state index in [0.717, 1.165) is 11.5 Å². The quantitative estimate of drug-likeness (QED) is 0.898. The molecule has 22 heavy (non-hydrogen) atoms. The number of nitrogens with one attached hydrogen (secondary N) is 2. The van der Waals surface area contributed by atoms with Crippen molar-refractivity contribution in [2.75, 3.05) is 10.6 Å². The molecule has 0 aliphatic heterocycles. The molecule has 5 nitrogen and oxygen atoms in total. The van der Waals surface area contributed by atoms with E-state index in [9.17, 15) is 0 Å². The van der Waals surface area contributed by atoms with Crippen LogP contribution in [0.15, 0.2) is 12.1 Å². The van der Waals surface area contributed by atoms with Gasteiger partial charge in [-0.15, -0.1) is 0 Å². The largest absolute Gasteiger partial charge is 0.351 e. The van der Waals surface area contributed by atoms with Gasteiger partial charge in [0.05, 0.1) is 0 Å². The first kappa shape index (κ1) is 14.8. The van der Waals surface area contributed by atoms with Gasteiger partial charge in [0.25, 0.3) is 0 Å². The molecule has 116 valence electrons. The summed E-state index contributed by atoms with van der Waals surface area (Å²) in [4.78, 5) is 13.3. The summed E-state index contributed by atoms with van der Waals surface area (Å²) in [6, 6.07) is 4.84. The van der Waals surface area contributed by atoms with Crippen molar-refractivity contribution >= 4 is 17.6 Å². The van der Waals surface area contributed by atoms with Crippen molar-refractivity contribution in [3.05, 3.63) is 34.6 Å². The van der Waals surface area contributed by atoms with E-state index in [4.69, 9.17) is 0 Å². The van der Waals surface area contributed by atoms with Crippen molar-refractivity contribution in [1.29, 1.82) is 0 Å². The third-order valence-electron chi connectivity index (χ3n) is 4.10. The first-order valence-corrected chi connectivity index (χ1v) is 7.85. The standard InChI is InChI=1S/C17H23N5/c1-10-8-11(2)15(12(3)9-10)21-17-19-13(4)18-16(22-17)20-14-6-5-7-14/h8-9,14H,5-7H2,1-4H3,(H2,18,19,20,21,22). The lowest BCUT2D eigenvalue weighted by molar-refractivity contribution is 0.443. The number of benzene rings is 1. The van der Waals surface area contributed by atoms with Gasteiger partial charge in [0.15, 0.2) is 0 Å². The van der Waals surface area contributed by atoms with Crippen molar-refractivity contribution in [2.45, 2.75) is 53.0 Å². The second-order valence-corrected chi connectivity index (χ2v) is 6.20. The molecule has 0 spiro atoms. The second-order valence-electron chi connectivity index (χ2n) is 6.20. The maximum Gasteiger partial charge on any atom is 0.232 e. The molecule has 1 aromatic carbocycles. The van der Waals surface area contributed by atoms with Crippen LogP contribution in [0.5, 0.6) is 0 Å². The van der Waals surface area contributed by atoms with Gasteiger partial charge >= 0.3 is 0 Å². The minimum atomic E-state index is 0.512. The SMILES string of the molecule is Cc1cc(C)c(Nc2nc(C)nc(NC3CCC3)n2)c(C)c1. The molecule has 0 saturated heterocycles.